The van der Waals surface area contributed by atoms with Crippen molar-refractivity contribution < 1.29 is 0 Å². The normalized spacial score (nSPS) is 11.5. The Morgan fingerprint density at radius 1 is 1.37 bits per heavy atom. The maximum Gasteiger partial charge on any atom is 0.194 e. The van der Waals surface area contributed by atoms with Gasteiger partial charge in [-0.25, -0.2) is 9.97 Å². The van der Waals surface area contributed by atoms with Gasteiger partial charge in [0.05, 0.1) is 17.7 Å². The second-order valence-electron chi connectivity index (χ2n) is 4.62. The van der Waals surface area contributed by atoms with Crippen molar-refractivity contribution in [3.05, 3.63) is 41.2 Å². The second-order valence-corrected chi connectivity index (χ2v) is 5.45. The SMILES string of the molecule is Cc1nc2scc(C)n2c1CNCCn1ccnc1. The summed E-state index contributed by atoms with van der Waals surface area (Å²) in [6.07, 6.45) is 5.62. The van der Waals surface area contributed by atoms with Crippen LogP contribution in [-0.4, -0.2) is 25.5 Å². The molecule has 0 aliphatic heterocycles. The number of hydrogen-bond donors (Lipinski definition) is 1. The van der Waals surface area contributed by atoms with Crippen molar-refractivity contribution in [3.8, 4) is 0 Å². The topological polar surface area (TPSA) is 47.1 Å². The van der Waals surface area contributed by atoms with Crippen LogP contribution in [0.4, 0.5) is 0 Å². The van der Waals surface area contributed by atoms with E-state index in [0.717, 1.165) is 30.3 Å². The fraction of sp³-hybridized carbons (Fsp3) is 0.385. The number of nitrogens with one attached hydrogen (secondary N) is 1. The Kier molecular flexibility index (Phi) is 3.35. The molecule has 0 saturated heterocycles. The summed E-state index contributed by atoms with van der Waals surface area (Å²) in [5.41, 5.74) is 3.64. The van der Waals surface area contributed by atoms with Crippen LogP contribution in [0.1, 0.15) is 17.1 Å². The number of hydrogen-bond acceptors (Lipinski definition) is 4. The van der Waals surface area contributed by atoms with Gasteiger partial charge in [0.2, 0.25) is 0 Å². The molecule has 5 nitrogen and oxygen atoms in total. The largest absolute Gasteiger partial charge is 0.336 e. The van der Waals surface area contributed by atoms with Crippen molar-refractivity contribution in [1.82, 2.24) is 24.3 Å². The lowest BCUT2D eigenvalue weighted by Crippen LogP contribution is -2.20. The molecule has 100 valence electrons. The van der Waals surface area contributed by atoms with Crippen molar-refractivity contribution in [2.45, 2.75) is 26.9 Å². The number of rotatable bonds is 5. The zero-order valence-electron chi connectivity index (χ0n) is 11.1. The summed E-state index contributed by atoms with van der Waals surface area (Å²) in [5, 5.41) is 5.62. The van der Waals surface area contributed by atoms with E-state index < -0.39 is 0 Å². The number of nitrogens with zero attached hydrogens (tertiary/aromatic N) is 4. The van der Waals surface area contributed by atoms with Gasteiger partial charge in [-0.15, -0.1) is 11.3 Å². The average Bonchev–Trinajstić information content (AvgIpc) is 3.07. The molecular formula is C13H17N5S. The van der Waals surface area contributed by atoms with Gasteiger partial charge in [0, 0.05) is 43.1 Å². The summed E-state index contributed by atoms with van der Waals surface area (Å²) in [6, 6.07) is 0. The van der Waals surface area contributed by atoms with E-state index in [1.165, 1.54) is 11.4 Å². The fourth-order valence-electron chi connectivity index (χ4n) is 2.21. The van der Waals surface area contributed by atoms with Gasteiger partial charge in [-0.3, -0.25) is 4.40 Å². The molecule has 3 rings (SSSR count). The summed E-state index contributed by atoms with van der Waals surface area (Å²) in [7, 11) is 0. The highest BCUT2D eigenvalue weighted by atomic mass is 32.1. The number of thiazole rings is 1. The van der Waals surface area contributed by atoms with Crippen molar-refractivity contribution in [2.24, 2.45) is 0 Å². The molecule has 0 aromatic carbocycles. The minimum absolute atomic E-state index is 0.846. The molecule has 0 fully saturated rings. The minimum atomic E-state index is 0.846. The minimum Gasteiger partial charge on any atom is -0.336 e. The molecule has 19 heavy (non-hydrogen) atoms. The second kappa shape index (κ2) is 5.14. The van der Waals surface area contributed by atoms with E-state index in [9.17, 15) is 0 Å². The highest BCUT2D eigenvalue weighted by molar-refractivity contribution is 7.15. The van der Waals surface area contributed by atoms with Crippen molar-refractivity contribution in [3.63, 3.8) is 0 Å². The third-order valence-corrected chi connectivity index (χ3v) is 4.17. The molecule has 0 saturated carbocycles. The first-order valence-corrected chi connectivity index (χ1v) is 7.22. The van der Waals surface area contributed by atoms with Gasteiger partial charge in [0.25, 0.3) is 0 Å². The van der Waals surface area contributed by atoms with Gasteiger partial charge in [0.15, 0.2) is 4.96 Å². The van der Waals surface area contributed by atoms with E-state index in [0.29, 0.717) is 0 Å². The van der Waals surface area contributed by atoms with Crippen molar-refractivity contribution >= 4 is 16.3 Å². The first-order chi connectivity index (χ1) is 9.25. The Labute approximate surface area is 115 Å². The number of imidazole rings is 2. The van der Waals surface area contributed by atoms with Gasteiger partial charge in [-0.1, -0.05) is 0 Å². The predicted molar refractivity (Wildman–Crippen MR) is 76.5 cm³/mol. The van der Waals surface area contributed by atoms with Crippen molar-refractivity contribution in [2.75, 3.05) is 6.54 Å². The summed E-state index contributed by atoms with van der Waals surface area (Å²) in [4.78, 5) is 9.71. The van der Waals surface area contributed by atoms with Crippen LogP contribution in [0, 0.1) is 13.8 Å². The number of fused-ring (bicyclic) bond motifs is 1. The Bertz CT molecular complexity index is 665. The van der Waals surface area contributed by atoms with E-state index >= 15 is 0 Å². The molecule has 3 aromatic rings. The summed E-state index contributed by atoms with van der Waals surface area (Å²) < 4.78 is 4.31. The smallest absolute Gasteiger partial charge is 0.194 e. The van der Waals surface area contributed by atoms with Crippen LogP contribution in [0.5, 0.6) is 0 Å². The maximum absolute atomic E-state index is 4.59. The quantitative estimate of drug-likeness (QED) is 0.724. The van der Waals surface area contributed by atoms with Crippen LogP contribution in [0.15, 0.2) is 24.1 Å². The van der Waals surface area contributed by atoms with Crippen LogP contribution in [0.2, 0.25) is 0 Å². The van der Waals surface area contributed by atoms with E-state index in [1.54, 1.807) is 17.5 Å². The van der Waals surface area contributed by atoms with Gasteiger partial charge in [0.1, 0.15) is 0 Å². The molecule has 0 spiro atoms. The molecular weight excluding hydrogens is 258 g/mol. The summed E-state index contributed by atoms with van der Waals surface area (Å²) in [5.74, 6) is 0. The lowest BCUT2D eigenvalue weighted by atomic mass is 10.3. The highest BCUT2D eigenvalue weighted by Gasteiger charge is 2.11. The van der Waals surface area contributed by atoms with Crippen LogP contribution in [0.3, 0.4) is 0 Å². The van der Waals surface area contributed by atoms with Crippen LogP contribution in [-0.2, 0) is 13.1 Å². The van der Waals surface area contributed by atoms with Gasteiger partial charge >= 0.3 is 0 Å². The molecule has 0 aliphatic carbocycles. The van der Waals surface area contributed by atoms with E-state index in [-0.39, 0.29) is 0 Å². The highest BCUT2D eigenvalue weighted by Crippen LogP contribution is 2.20. The molecule has 0 amide bonds. The summed E-state index contributed by atoms with van der Waals surface area (Å²) >= 11 is 1.70. The van der Waals surface area contributed by atoms with Gasteiger partial charge < -0.3 is 9.88 Å². The molecule has 3 heterocycles. The third kappa shape index (κ3) is 2.41. The van der Waals surface area contributed by atoms with Crippen molar-refractivity contribution in [1.29, 1.82) is 0 Å². The lowest BCUT2D eigenvalue weighted by Gasteiger charge is -2.06. The predicted octanol–water partition coefficient (Wildman–Crippen LogP) is 2.00. The maximum atomic E-state index is 4.59. The monoisotopic (exact) mass is 275 g/mol. The zero-order chi connectivity index (χ0) is 13.2. The molecule has 0 atom stereocenters. The van der Waals surface area contributed by atoms with Gasteiger partial charge in [-0.05, 0) is 13.8 Å². The zero-order valence-corrected chi connectivity index (χ0v) is 11.9. The average molecular weight is 275 g/mol. The molecule has 0 unspecified atom stereocenters. The van der Waals surface area contributed by atoms with Crippen LogP contribution < -0.4 is 5.32 Å². The first-order valence-electron chi connectivity index (χ1n) is 6.34. The lowest BCUT2D eigenvalue weighted by molar-refractivity contribution is 0.589. The third-order valence-electron chi connectivity index (χ3n) is 3.23. The Morgan fingerprint density at radius 3 is 3.05 bits per heavy atom. The van der Waals surface area contributed by atoms with Crippen LogP contribution in [0.25, 0.3) is 4.96 Å². The fourth-order valence-corrected chi connectivity index (χ4v) is 3.14. The van der Waals surface area contributed by atoms with Gasteiger partial charge in [-0.2, -0.15) is 0 Å². The number of aromatic nitrogens is 4. The summed E-state index contributed by atoms with van der Waals surface area (Å²) in [6.45, 7) is 6.90. The molecule has 3 aromatic heterocycles. The first kappa shape index (κ1) is 12.4. The van der Waals surface area contributed by atoms with Crippen LogP contribution >= 0.6 is 11.3 Å². The number of aryl methyl sites for hydroxylation is 2. The Balaban J connectivity index is 1.65. The van der Waals surface area contributed by atoms with E-state index in [1.807, 2.05) is 12.5 Å². The molecule has 6 heteroatoms. The molecule has 0 radical (unpaired) electrons. The van der Waals surface area contributed by atoms with E-state index in [2.05, 4.69) is 43.5 Å². The molecule has 0 aliphatic rings. The molecule has 1 N–H and O–H groups in total. The molecule has 0 bridgehead atoms. The Morgan fingerprint density at radius 2 is 2.26 bits per heavy atom. The Hall–Kier alpha value is -1.66. The standard InChI is InChI=1S/C13H17N5S/c1-10-8-19-13-16-11(2)12(18(10)13)7-14-3-5-17-6-4-15-9-17/h4,6,8-9,14H,3,5,7H2,1-2H3. The van der Waals surface area contributed by atoms with E-state index in [4.69, 9.17) is 0 Å².